The highest BCUT2D eigenvalue weighted by Crippen LogP contribution is 2.39. The van der Waals surface area contributed by atoms with E-state index in [1.54, 1.807) is 0 Å². The third-order valence-electron chi connectivity index (χ3n) is 5.09. The van der Waals surface area contributed by atoms with E-state index < -0.39 is 37.6 Å². The summed E-state index contributed by atoms with van der Waals surface area (Å²) in [7, 11) is 0. The molecule has 11 nitrogen and oxygen atoms in total. The maximum absolute atomic E-state index is 10.4. The van der Waals surface area contributed by atoms with Crippen LogP contribution in [-0.2, 0) is 0 Å². The number of pyridine rings is 1. The average Bonchev–Trinajstić information content (AvgIpc) is 2.73. The molecule has 33 heavy (non-hydrogen) atoms. The molecule has 168 valence electrons. The number of aromatic nitrogens is 1. The van der Waals surface area contributed by atoms with Crippen LogP contribution in [0.25, 0.3) is 21.5 Å². The Morgan fingerprint density at radius 2 is 1.12 bits per heavy atom. The molecule has 0 radical (unpaired) electrons. The molecular weight excluding hydrogens is 432 g/mol. The van der Waals surface area contributed by atoms with Crippen molar-refractivity contribution in [3.8, 4) is 5.75 Å². The topological polar surface area (TPSA) is 163 Å². The first-order valence-corrected chi connectivity index (χ1v) is 9.55. The van der Waals surface area contributed by atoms with Gasteiger partial charge in [0.1, 0.15) is 0 Å². The second-order valence-corrected chi connectivity index (χ2v) is 7.41. The standard InChI is InChI=1S/C16H15N.C6H3N3O7/c1-10-4-13-7-15-6-12(3)17-9-16(15)8-14(13)5-11(10)2;10-6-4(8(13)14)1-3(7(11)12)2-5(6)9(15)16/h4-9H,1-3H3;1-2,10H. The van der Waals surface area contributed by atoms with Gasteiger partial charge in [-0.15, -0.1) is 0 Å². The molecule has 0 saturated carbocycles. The van der Waals surface area contributed by atoms with Gasteiger partial charge in [-0.1, -0.05) is 12.1 Å². The molecule has 11 heteroatoms. The van der Waals surface area contributed by atoms with E-state index in [-0.39, 0.29) is 0 Å². The van der Waals surface area contributed by atoms with Crippen LogP contribution in [0.3, 0.4) is 0 Å². The zero-order valence-corrected chi connectivity index (χ0v) is 17.8. The SMILES string of the molecule is Cc1cc2cc3cc(C)c(C)cc3cc2cn1.O=[N+]([O-])c1cc([N+](=O)[O-])c(O)c([N+](=O)[O-])c1. The number of fused-ring (bicyclic) bond motifs is 2. The Labute approximate surface area is 186 Å². The lowest BCUT2D eigenvalue weighted by atomic mass is 10.00. The fourth-order valence-electron chi connectivity index (χ4n) is 3.26. The van der Waals surface area contributed by atoms with Crippen molar-refractivity contribution in [3.63, 3.8) is 0 Å². The van der Waals surface area contributed by atoms with E-state index >= 15 is 0 Å². The molecule has 0 unspecified atom stereocenters. The van der Waals surface area contributed by atoms with Crippen LogP contribution in [0.15, 0.2) is 48.7 Å². The van der Waals surface area contributed by atoms with Crippen molar-refractivity contribution in [3.05, 3.63) is 95.8 Å². The number of aryl methyl sites for hydroxylation is 3. The monoisotopic (exact) mass is 450 g/mol. The van der Waals surface area contributed by atoms with Crippen LogP contribution in [0, 0.1) is 51.1 Å². The molecule has 1 aromatic heterocycles. The summed E-state index contributed by atoms with van der Waals surface area (Å²) in [6.07, 6.45) is 1.96. The van der Waals surface area contributed by atoms with Gasteiger partial charge in [-0.25, -0.2) is 0 Å². The molecule has 0 amide bonds. The largest absolute Gasteiger partial charge is 0.497 e. The molecule has 1 N–H and O–H groups in total. The molecular formula is C22H18N4O7. The summed E-state index contributed by atoms with van der Waals surface area (Å²) in [5, 5.41) is 45.3. The summed E-state index contributed by atoms with van der Waals surface area (Å²) in [5.41, 5.74) is 0.762. The average molecular weight is 450 g/mol. The fraction of sp³-hybridized carbons (Fsp3) is 0.136. The summed E-state index contributed by atoms with van der Waals surface area (Å²) >= 11 is 0. The van der Waals surface area contributed by atoms with Crippen LogP contribution in [-0.4, -0.2) is 24.9 Å². The predicted molar refractivity (Wildman–Crippen MR) is 122 cm³/mol. The second kappa shape index (κ2) is 8.83. The second-order valence-electron chi connectivity index (χ2n) is 7.41. The van der Waals surface area contributed by atoms with Crippen LogP contribution in [0.2, 0.25) is 0 Å². The predicted octanol–water partition coefficient (Wildman–Crippen LogP) is 5.43. The van der Waals surface area contributed by atoms with Gasteiger partial charge in [0, 0.05) is 17.3 Å². The Kier molecular flexibility index (Phi) is 6.15. The quantitative estimate of drug-likeness (QED) is 0.245. The Bertz CT molecular complexity index is 1420. The van der Waals surface area contributed by atoms with Gasteiger partial charge >= 0.3 is 11.4 Å². The number of hydrogen-bond donors (Lipinski definition) is 1. The van der Waals surface area contributed by atoms with Gasteiger partial charge < -0.3 is 5.11 Å². The first-order valence-electron chi connectivity index (χ1n) is 9.55. The minimum absolute atomic E-state index is 0.447. The maximum Gasteiger partial charge on any atom is 0.324 e. The van der Waals surface area contributed by atoms with E-state index in [1.807, 2.05) is 13.1 Å². The van der Waals surface area contributed by atoms with Crippen molar-refractivity contribution in [2.24, 2.45) is 0 Å². The smallest absolute Gasteiger partial charge is 0.324 e. The van der Waals surface area contributed by atoms with Crippen molar-refractivity contribution < 1.29 is 19.9 Å². The maximum atomic E-state index is 10.4. The minimum Gasteiger partial charge on any atom is -0.497 e. The van der Waals surface area contributed by atoms with Crippen LogP contribution in [0.5, 0.6) is 5.75 Å². The minimum atomic E-state index is -1.21. The number of nitro groups is 3. The zero-order valence-electron chi connectivity index (χ0n) is 17.8. The third-order valence-corrected chi connectivity index (χ3v) is 5.09. The fourth-order valence-corrected chi connectivity index (χ4v) is 3.26. The van der Waals surface area contributed by atoms with Gasteiger partial charge in [-0.05, 0) is 66.3 Å². The third kappa shape index (κ3) is 4.82. The Hall–Kier alpha value is -4.67. The van der Waals surface area contributed by atoms with Gasteiger partial charge in [0.15, 0.2) is 0 Å². The Balaban J connectivity index is 0.000000186. The van der Waals surface area contributed by atoms with E-state index in [0.29, 0.717) is 12.1 Å². The number of phenols is 1. The molecule has 4 rings (SSSR count). The molecule has 0 aliphatic carbocycles. The summed E-state index contributed by atoms with van der Waals surface area (Å²) < 4.78 is 0. The Morgan fingerprint density at radius 1 is 0.667 bits per heavy atom. The van der Waals surface area contributed by atoms with Crippen LogP contribution < -0.4 is 0 Å². The molecule has 0 aliphatic heterocycles. The normalized spacial score (nSPS) is 10.5. The molecule has 0 bridgehead atoms. The van der Waals surface area contributed by atoms with Gasteiger partial charge in [0.25, 0.3) is 11.4 Å². The van der Waals surface area contributed by atoms with E-state index in [0.717, 1.165) is 5.69 Å². The van der Waals surface area contributed by atoms with Crippen molar-refractivity contribution >= 4 is 38.6 Å². The first-order chi connectivity index (χ1) is 15.5. The van der Waals surface area contributed by atoms with E-state index in [2.05, 4.69) is 49.2 Å². The van der Waals surface area contributed by atoms with E-state index in [1.165, 1.54) is 32.7 Å². The lowest BCUT2D eigenvalue weighted by Crippen LogP contribution is -1.97. The molecule has 4 aromatic rings. The summed E-state index contributed by atoms with van der Waals surface area (Å²) in [6, 6.07) is 12.0. The molecule has 0 atom stereocenters. The van der Waals surface area contributed by atoms with Crippen molar-refractivity contribution in [1.29, 1.82) is 0 Å². The van der Waals surface area contributed by atoms with E-state index in [4.69, 9.17) is 5.11 Å². The highest BCUT2D eigenvalue weighted by atomic mass is 16.6. The molecule has 3 aromatic carbocycles. The number of nitro benzene ring substituents is 3. The number of nitrogens with zero attached hydrogens (tertiary/aromatic N) is 4. The first kappa shape index (κ1) is 23.0. The summed E-state index contributed by atoms with van der Waals surface area (Å²) in [6.45, 7) is 6.35. The van der Waals surface area contributed by atoms with Gasteiger partial charge in [0.05, 0.1) is 26.9 Å². The van der Waals surface area contributed by atoms with Gasteiger partial charge in [-0.2, -0.15) is 0 Å². The number of aromatic hydroxyl groups is 1. The number of hydrogen-bond acceptors (Lipinski definition) is 8. The van der Waals surface area contributed by atoms with Crippen molar-refractivity contribution in [1.82, 2.24) is 4.98 Å². The van der Waals surface area contributed by atoms with Crippen molar-refractivity contribution in [2.75, 3.05) is 0 Å². The number of rotatable bonds is 3. The molecule has 0 aliphatic rings. The van der Waals surface area contributed by atoms with E-state index in [9.17, 15) is 30.3 Å². The Morgan fingerprint density at radius 3 is 1.58 bits per heavy atom. The van der Waals surface area contributed by atoms with Gasteiger partial charge in [-0.3, -0.25) is 35.3 Å². The number of benzene rings is 3. The van der Waals surface area contributed by atoms with Crippen LogP contribution in [0.1, 0.15) is 16.8 Å². The lowest BCUT2D eigenvalue weighted by molar-refractivity contribution is -0.404. The highest BCUT2D eigenvalue weighted by molar-refractivity contribution is 5.98. The molecule has 1 heterocycles. The van der Waals surface area contributed by atoms with Crippen molar-refractivity contribution in [2.45, 2.75) is 20.8 Å². The van der Waals surface area contributed by atoms with Crippen LogP contribution in [0.4, 0.5) is 17.1 Å². The van der Waals surface area contributed by atoms with Gasteiger partial charge in [0.2, 0.25) is 0 Å². The van der Waals surface area contributed by atoms with Crippen LogP contribution >= 0.6 is 0 Å². The number of phenolic OH excluding ortho intramolecular Hbond substituents is 1. The molecule has 0 saturated heterocycles. The molecule has 0 spiro atoms. The highest BCUT2D eigenvalue weighted by Gasteiger charge is 2.30. The summed E-state index contributed by atoms with van der Waals surface area (Å²) in [5.74, 6) is -1.21. The zero-order chi connectivity index (χ0) is 24.4. The molecule has 0 fully saturated rings. The lowest BCUT2D eigenvalue weighted by Gasteiger charge is -2.06. The number of non-ortho nitro benzene ring substituents is 1. The summed E-state index contributed by atoms with van der Waals surface area (Å²) in [4.78, 5) is 32.1.